The number of rotatable bonds is 6. The van der Waals surface area contributed by atoms with Crippen LogP contribution in [0.2, 0.25) is 5.02 Å². The van der Waals surface area contributed by atoms with E-state index in [0.29, 0.717) is 22.7 Å². The van der Waals surface area contributed by atoms with Crippen LogP contribution in [0, 0.1) is 12.8 Å². The number of aryl methyl sites for hydroxylation is 1. The van der Waals surface area contributed by atoms with Crippen molar-refractivity contribution in [3.63, 3.8) is 0 Å². The maximum absolute atomic E-state index is 13.1. The summed E-state index contributed by atoms with van der Waals surface area (Å²) in [5.74, 6) is -1.11. The quantitative estimate of drug-likeness (QED) is 0.448. The summed E-state index contributed by atoms with van der Waals surface area (Å²) in [5, 5.41) is 0.464. The largest absolute Gasteiger partial charge is 0.465 e. The van der Waals surface area contributed by atoms with Gasteiger partial charge in [-0.3, -0.25) is 9.59 Å². The molecule has 1 aliphatic rings. The van der Waals surface area contributed by atoms with E-state index >= 15 is 0 Å². The number of ether oxygens (including phenoxy) is 1. The Kier molecular flexibility index (Phi) is 7.75. The maximum Gasteiger partial charge on any atom is 0.326 e. The first kappa shape index (κ1) is 25.6. The molecule has 1 aromatic heterocycles. The van der Waals surface area contributed by atoms with E-state index in [1.165, 1.54) is 27.8 Å². The van der Waals surface area contributed by atoms with E-state index in [1.54, 1.807) is 23.6 Å². The average Bonchev–Trinajstić information content (AvgIpc) is 3.15. The number of hydrogen-bond acceptors (Lipinski definition) is 6. The van der Waals surface area contributed by atoms with Crippen molar-refractivity contribution in [2.75, 3.05) is 19.7 Å². The van der Waals surface area contributed by atoms with Crippen molar-refractivity contribution in [3.05, 3.63) is 57.9 Å². The van der Waals surface area contributed by atoms with Gasteiger partial charge in [0.2, 0.25) is 10.0 Å². The fraction of sp³-hybridized carbons (Fsp3) is 0.375. The monoisotopic (exact) mass is 535 g/mol. The van der Waals surface area contributed by atoms with E-state index in [2.05, 4.69) is 4.99 Å². The molecule has 0 spiro atoms. The molecule has 1 saturated heterocycles. The number of fused-ring (bicyclic) bond motifs is 1. The van der Waals surface area contributed by atoms with Gasteiger partial charge in [-0.2, -0.15) is 9.30 Å². The van der Waals surface area contributed by atoms with Crippen molar-refractivity contribution in [2.45, 2.75) is 38.1 Å². The van der Waals surface area contributed by atoms with Gasteiger partial charge in [-0.25, -0.2) is 8.42 Å². The van der Waals surface area contributed by atoms with Crippen molar-refractivity contribution < 1.29 is 22.7 Å². The van der Waals surface area contributed by atoms with Crippen LogP contribution in [0.3, 0.4) is 0 Å². The van der Waals surface area contributed by atoms with Gasteiger partial charge in [-0.05, 0) is 68.7 Å². The Bertz CT molecular complexity index is 1420. The Morgan fingerprint density at radius 3 is 2.49 bits per heavy atom. The van der Waals surface area contributed by atoms with Crippen LogP contribution in [-0.4, -0.2) is 48.9 Å². The molecule has 3 aromatic rings. The molecule has 0 N–H and O–H groups in total. The predicted octanol–water partition coefficient (Wildman–Crippen LogP) is 3.76. The second-order valence-electron chi connectivity index (χ2n) is 8.33. The summed E-state index contributed by atoms with van der Waals surface area (Å²) in [7, 11) is -3.65. The third-order valence-corrected chi connectivity index (χ3v) is 9.10. The molecule has 0 saturated carbocycles. The highest BCUT2D eigenvalue weighted by Crippen LogP contribution is 2.26. The van der Waals surface area contributed by atoms with Gasteiger partial charge in [0.05, 0.1) is 21.7 Å². The standard InChI is InChI=1S/C24H26ClN3O5S2/c1-3-33-22(29)15-28-20-9-4-16(2)14-21(20)34-24(28)26-23(30)17-10-12-27(13-11-17)35(31,32)19-7-5-18(25)6-8-19/h4-9,14,17H,3,10-13,15H2,1-2H3. The minimum Gasteiger partial charge on any atom is -0.465 e. The van der Waals surface area contributed by atoms with Gasteiger partial charge in [0.1, 0.15) is 6.54 Å². The number of benzene rings is 2. The van der Waals surface area contributed by atoms with Crippen LogP contribution in [0.25, 0.3) is 10.2 Å². The molecule has 1 aliphatic heterocycles. The molecule has 186 valence electrons. The number of piperidine rings is 1. The van der Waals surface area contributed by atoms with Crippen LogP contribution < -0.4 is 4.80 Å². The Hall–Kier alpha value is -2.53. The third kappa shape index (κ3) is 5.66. The highest BCUT2D eigenvalue weighted by Gasteiger charge is 2.32. The first-order valence-electron chi connectivity index (χ1n) is 11.3. The first-order chi connectivity index (χ1) is 16.7. The third-order valence-electron chi connectivity index (χ3n) is 5.89. The zero-order valence-electron chi connectivity index (χ0n) is 19.4. The molecule has 1 fully saturated rings. The number of halogens is 1. The van der Waals surface area contributed by atoms with E-state index in [1.807, 2.05) is 25.1 Å². The maximum atomic E-state index is 13.1. The number of nitrogens with zero attached hydrogens (tertiary/aromatic N) is 3. The summed E-state index contributed by atoms with van der Waals surface area (Å²) in [4.78, 5) is 30.2. The number of thiazole rings is 1. The van der Waals surface area contributed by atoms with E-state index in [9.17, 15) is 18.0 Å². The second-order valence-corrected chi connectivity index (χ2v) is 11.7. The van der Waals surface area contributed by atoms with Crippen LogP contribution >= 0.6 is 22.9 Å². The topological polar surface area (TPSA) is 98.0 Å². The SMILES string of the molecule is CCOC(=O)Cn1c(=NC(=O)C2CCN(S(=O)(=O)c3ccc(Cl)cc3)CC2)sc2cc(C)ccc21. The molecule has 0 aliphatic carbocycles. The lowest BCUT2D eigenvalue weighted by Crippen LogP contribution is -2.40. The van der Waals surface area contributed by atoms with Gasteiger partial charge in [0.15, 0.2) is 4.80 Å². The smallest absolute Gasteiger partial charge is 0.326 e. The van der Waals surface area contributed by atoms with Crippen LogP contribution in [-0.2, 0) is 30.9 Å². The minimum absolute atomic E-state index is 0.0409. The number of esters is 1. The van der Waals surface area contributed by atoms with E-state index in [-0.39, 0.29) is 37.0 Å². The molecule has 0 unspecified atom stereocenters. The van der Waals surface area contributed by atoms with Gasteiger partial charge in [-0.15, -0.1) is 0 Å². The lowest BCUT2D eigenvalue weighted by atomic mass is 9.98. The summed E-state index contributed by atoms with van der Waals surface area (Å²) >= 11 is 7.22. The zero-order chi connectivity index (χ0) is 25.2. The molecule has 0 radical (unpaired) electrons. The molecule has 1 amide bonds. The van der Waals surface area contributed by atoms with Gasteiger partial charge in [-0.1, -0.05) is 29.0 Å². The Labute approximate surface area is 212 Å². The van der Waals surface area contributed by atoms with Crippen LogP contribution in [0.4, 0.5) is 0 Å². The zero-order valence-corrected chi connectivity index (χ0v) is 21.8. The van der Waals surface area contributed by atoms with Crippen molar-refractivity contribution in [1.29, 1.82) is 0 Å². The van der Waals surface area contributed by atoms with Gasteiger partial charge in [0, 0.05) is 24.0 Å². The van der Waals surface area contributed by atoms with Crippen LogP contribution in [0.15, 0.2) is 52.4 Å². The Morgan fingerprint density at radius 1 is 1.14 bits per heavy atom. The second kappa shape index (κ2) is 10.6. The minimum atomic E-state index is -3.65. The molecular formula is C24H26ClN3O5S2. The highest BCUT2D eigenvalue weighted by atomic mass is 35.5. The molecule has 0 bridgehead atoms. The van der Waals surface area contributed by atoms with Crippen molar-refractivity contribution in [3.8, 4) is 0 Å². The normalized spacial score (nSPS) is 16.0. The summed E-state index contributed by atoms with van der Waals surface area (Å²) in [5.41, 5.74) is 1.87. The number of aromatic nitrogens is 1. The van der Waals surface area contributed by atoms with Crippen molar-refractivity contribution in [2.24, 2.45) is 10.9 Å². The van der Waals surface area contributed by atoms with Crippen molar-refractivity contribution in [1.82, 2.24) is 8.87 Å². The molecule has 8 nitrogen and oxygen atoms in total. The highest BCUT2D eigenvalue weighted by molar-refractivity contribution is 7.89. The summed E-state index contributed by atoms with van der Waals surface area (Å²) in [6, 6.07) is 11.9. The molecule has 35 heavy (non-hydrogen) atoms. The predicted molar refractivity (Wildman–Crippen MR) is 135 cm³/mol. The molecule has 2 heterocycles. The molecule has 4 rings (SSSR count). The van der Waals surface area contributed by atoms with E-state index in [4.69, 9.17) is 16.3 Å². The Balaban J connectivity index is 1.54. The van der Waals surface area contributed by atoms with E-state index < -0.39 is 21.9 Å². The lowest BCUT2D eigenvalue weighted by molar-refractivity contribution is -0.143. The number of carbonyl (C=O) groups excluding carboxylic acids is 2. The molecule has 11 heteroatoms. The van der Waals surface area contributed by atoms with Crippen molar-refractivity contribution >= 4 is 55.1 Å². The number of carbonyl (C=O) groups is 2. The summed E-state index contributed by atoms with van der Waals surface area (Å²) < 4.78 is 35.0. The van der Waals surface area contributed by atoms with Gasteiger partial charge < -0.3 is 9.30 Å². The molecule has 2 aromatic carbocycles. The van der Waals surface area contributed by atoms with Gasteiger partial charge in [0.25, 0.3) is 5.91 Å². The van der Waals surface area contributed by atoms with Gasteiger partial charge >= 0.3 is 5.97 Å². The number of sulfonamides is 1. The summed E-state index contributed by atoms with van der Waals surface area (Å²) in [6.45, 7) is 4.40. The van der Waals surface area contributed by atoms with Crippen LogP contribution in [0.1, 0.15) is 25.3 Å². The summed E-state index contributed by atoms with van der Waals surface area (Å²) in [6.07, 6.45) is 0.744. The Morgan fingerprint density at radius 2 is 1.83 bits per heavy atom. The van der Waals surface area contributed by atoms with E-state index in [0.717, 1.165) is 15.8 Å². The fourth-order valence-electron chi connectivity index (χ4n) is 4.04. The number of hydrogen-bond donors (Lipinski definition) is 0. The molecular weight excluding hydrogens is 510 g/mol. The molecule has 0 atom stereocenters. The van der Waals surface area contributed by atoms with Crippen LogP contribution in [0.5, 0.6) is 0 Å². The number of amides is 1. The lowest BCUT2D eigenvalue weighted by Gasteiger charge is -2.29. The first-order valence-corrected chi connectivity index (χ1v) is 13.9. The average molecular weight is 536 g/mol. The fourth-order valence-corrected chi connectivity index (χ4v) is 6.77.